The smallest absolute Gasteiger partial charge is 0.235 e. The van der Waals surface area contributed by atoms with Crippen LogP contribution in [0.1, 0.15) is 56.6 Å². The number of ether oxygens (including phenoxy) is 2. The van der Waals surface area contributed by atoms with Crippen LogP contribution in [0.25, 0.3) is 0 Å². The number of pyridine rings is 1. The number of amides is 1. The fourth-order valence-corrected chi connectivity index (χ4v) is 3.94. The van der Waals surface area contributed by atoms with E-state index >= 15 is 0 Å². The number of carbonyl (C=O) groups excluding carboxylic acids is 1. The molecule has 28 heavy (non-hydrogen) atoms. The van der Waals surface area contributed by atoms with Crippen LogP contribution in [-0.2, 0) is 10.2 Å². The maximum absolute atomic E-state index is 13.4. The van der Waals surface area contributed by atoms with Crippen molar-refractivity contribution in [1.82, 2.24) is 4.98 Å². The van der Waals surface area contributed by atoms with Crippen molar-refractivity contribution in [3.8, 4) is 11.6 Å². The summed E-state index contributed by atoms with van der Waals surface area (Å²) in [6.45, 7) is 4.65. The first kappa shape index (κ1) is 20.2. The third kappa shape index (κ3) is 4.29. The fraction of sp³-hybridized carbons (Fsp3) is 0.478. The van der Waals surface area contributed by atoms with Gasteiger partial charge in [-0.1, -0.05) is 38.3 Å². The number of benzene rings is 1. The van der Waals surface area contributed by atoms with Crippen LogP contribution in [-0.4, -0.2) is 24.6 Å². The molecule has 1 saturated carbocycles. The molecule has 0 atom stereocenters. The van der Waals surface area contributed by atoms with Gasteiger partial charge in [0.25, 0.3) is 0 Å². The van der Waals surface area contributed by atoms with Gasteiger partial charge < -0.3 is 14.8 Å². The number of nitrogens with one attached hydrogen (secondary N) is 1. The molecule has 1 aliphatic rings. The Balaban J connectivity index is 1.83. The lowest BCUT2D eigenvalue weighted by molar-refractivity contribution is -0.122. The molecule has 5 nitrogen and oxygen atoms in total. The number of rotatable bonds is 7. The average Bonchev–Trinajstić information content (AvgIpc) is 2.73. The van der Waals surface area contributed by atoms with Gasteiger partial charge in [-0.05, 0) is 49.9 Å². The Morgan fingerprint density at radius 2 is 1.89 bits per heavy atom. The Morgan fingerprint density at radius 3 is 2.50 bits per heavy atom. The molecule has 1 aromatic heterocycles. The highest BCUT2D eigenvalue weighted by atomic mass is 16.5. The van der Waals surface area contributed by atoms with Gasteiger partial charge in [-0.3, -0.25) is 4.79 Å². The molecular weight excluding hydrogens is 352 g/mol. The van der Waals surface area contributed by atoms with Crippen LogP contribution in [0.3, 0.4) is 0 Å². The number of hydrogen-bond donors (Lipinski definition) is 1. The molecule has 1 amide bonds. The number of nitrogens with zero attached hydrogens (tertiary/aromatic N) is 1. The molecule has 5 heteroatoms. The zero-order chi connectivity index (χ0) is 20.0. The minimum atomic E-state index is -0.504. The lowest BCUT2D eigenvalue weighted by Gasteiger charge is -2.36. The predicted octanol–water partition coefficient (Wildman–Crippen LogP) is 5.03. The van der Waals surface area contributed by atoms with E-state index in [9.17, 15) is 4.79 Å². The molecule has 1 fully saturated rings. The van der Waals surface area contributed by atoms with Crippen LogP contribution in [0.4, 0.5) is 5.69 Å². The van der Waals surface area contributed by atoms with Crippen molar-refractivity contribution in [3.05, 3.63) is 47.7 Å². The largest absolute Gasteiger partial charge is 0.497 e. The molecule has 1 aliphatic carbocycles. The van der Waals surface area contributed by atoms with Gasteiger partial charge in [0.15, 0.2) is 0 Å². The second-order valence-corrected chi connectivity index (χ2v) is 7.52. The first-order valence-corrected chi connectivity index (χ1v) is 10.1. The molecule has 1 aromatic carbocycles. The second kappa shape index (κ2) is 9.09. The normalized spacial score (nSPS) is 15.7. The van der Waals surface area contributed by atoms with Crippen LogP contribution in [0.15, 0.2) is 36.5 Å². The maximum Gasteiger partial charge on any atom is 0.235 e. The Bertz CT molecular complexity index is 796. The first-order valence-electron chi connectivity index (χ1n) is 10.1. The van der Waals surface area contributed by atoms with E-state index in [4.69, 9.17) is 9.47 Å². The van der Waals surface area contributed by atoms with E-state index in [-0.39, 0.29) is 5.91 Å². The fourth-order valence-electron chi connectivity index (χ4n) is 3.94. The monoisotopic (exact) mass is 382 g/mol. The molecule has 3 rings (SSSR count). The molecule has 0 unspecified atom stereocenters. The number of aryl methyl sites for hydroxylation is 1. The van der Waals surface area contributed by atoms with Crippen molar-refractivity contribution < 1.29 is 14.3 Å². The molecule has 0 saturated heterocycles. The summed E-state index contributed by atoms with van der Waals surface area (Å²) in [6, 6.07) is 9.85. The zero-order valence-corrected chi connectivity index (χ0v) is 17.1. The highest BCUT2D eigenvalue weighted by Gasteiger charge is 2.41. The second-order valence-electron chi connectivity index (χ2n) is 7.52. The SMILES string of the molecule is CCCOc1ncc(NC(=O)C2(c3ccc(OC)cc3)CCCCC2)cc1C. The molecular formula is C23H30N2O3. The van der Waals surface area contributed by atoms with Crippen molar-refractivity contribution in [2.24, 2.45) is 0 Å². The van der Waals surface area contributed by atoms with Crippen LogP contribution >= 0.6 is 0 Å². The predicted molar refractivity (Wildman–Crippen MR) is 111 cm³/mol. The lowest BCUT2D eigenvalue weighted by atomic mass is 9.68. The van der Waals surface area contributed by atoms with Gasteiger partial charge >= 0.3 is 0 Å². The van der Waals surface area contributed by atoms with Crippen molar-refractivity contribution in [2.45, 2.75) is 57.8 Å². The average molecular weight is 383 g/mol. The van der Waals surface area contributed by atoms with Crippen LogP contribution in [0.5, 0.6) is 11.6 Å². The van der Waals surface area contributed by atoms with E-state index < -0.39 is 5.41 Å². The molecule has 1 N–H and O–H groups in total. The van der Waals surface area contributed by atoms with Gasteiger partial charge in [-0.2, -0.15) is 0 Å². The molecule has 0 radical (unpaired) electrons. The third-order valence-corrected chi connectivity index (χ3v) is 5.52. The number of hydrogen-bond acceptors (Lipinski definition) is 4. The van der Waals surface area contributed by atoms with Gasteiger partial charge in [-0.15, -0.1) is 0 Å². The maximum atomic E-state index is 13.4. The topological polar surface area (TPSA) is 60.5 Å². The van der Waals surface area contributed by atoms with Gasteiger partial charge in [0.05, 0.1) is 31.0 Å². The zero-order valence-electron chi connectivity index (χ0n) is 17.1. The Kier molecular flexibility index (Phi) is 6.55. The summed E-state index contributed by atoms with van der Waals surface area (Å²) in [5, 5.41) is 3.12. The molecule has 2 aromatic rings. The summed E-state index contributed by atoms with van der Waals surface area (Å²) in [7, 11) is 1.65. The summed E-state index contributed by atoms with van der Waals surface area (Å²) in [6.07, 6.45) is 7.62. The summed E-state index contributed by atoms with van der Waals surface area (Å²) in [5.74, 6) is 1.47. The van der Waals surface area contributed by atoms with E-state index in [0.29, 0.717) is 18.2 Å². The van der Waals surface area contributed by atoms with Gasteiger partial charge in [0.1, 0.15) is 5.75 Å². The van der Waals surface area contributed by atoms with E-state index in [0.717, 1.165) is 49.0 Å². The molecule has 0 spiro atoms. The van der Waals surface area contributed by atoms with Crippen molar-refractivity contribution in [1.29, 1.82) is 0 Å². The Morgan fingerprint density at radius 1 is 1.18 bits per heavy atom. The first-order chi connectivity index (χ1) is 13.6. The molecule has 150 valence electrons. The number of aromatic nitrogens is 1. The lowest BCUT2D eigenvalue weighted by Crippen LogP contribution is -2.42. The van der Waals surface area contributed by atoms with Gasteiger partial charge in [-0.25, -0.2) is 4.98 Å². The third-order valence-electron chi connectivity index (χ3n) is 5.52. The summed E-state index contributed by atoms with van der Waals surface area (Å²) in [4.78, 5) is 17.8. The van der Waals surface area contributed by atoms with Gasteiger partial charge in [0.2, 0.25) is 11.8 Å². The van der Waals surface area contributed by atoms with Gasteiger partial charge in [0, 0.05) is 5.56 Å². The number of carbonyl (C=O) groups is 1. The number of anilines is 1. The molecule has 0 aliphatic heterocycles. The van der Waals surface area contributed by atoms with Crippen LogP contribution < -0.4 is 14.8 Å². The van der Waals surface area contributed by atoms with Crippen molar-refractivity contribution >= 4 is 11.6 Å². The minimum Gasteiger partial charge on any atom is -0.497 e. The standard InChI is InChI=1S/C23H30N2O3/c1-4-14-28-21-17(2)15-19(16-24-21)25-22(26)23(12-6-5-7-13-23)18-8-10-20(27-3)11-9-18/h8-11,15-16H,4-7,12-14H2,1-3H3,(H,25,26). The summed E-state index contributed by atoms with van der Waals surface area (Å²) < 4.78 is 10.9. The highest BCUT2D eigenvalue weighted by Crippen LogP contribution is 2.41. The summed E-state index contributed by atoms with van der Waals surface area (Å²) in [5.41, 5.74) is 2.19. The Labute approximate surface area is 167 Å². The summed E-state index contributed by atoms with van der Waals surface area (Å²) >= 11 is 0. The number of methoxy groups -OCH3 is 1. The van der Waals surface area contributed by atoms with E-state index in [1.165, 1.54) is 6.42 Å². The van der Waals surface area contributed by atoms with E-state index in [1.54, 1.807) is 13.3 Å². The highest BCUT2D eigenvalue weighted by molar-refractivity contribution is 5.99. The van der Waals surface area contributed by atoms with Crippen molar-refractivity contribution in [2.75, 3.05) is 19.0 Å². The van der Waals surface area contributed by atoms with Crippen LogP contribution in [0, 0.1) is 6.92 Å². The minimum absolute atomic E-state index is 0.0424. The van der Waals surface area contributed by atoms with E-state index in [1.807, 2.05) is 37.3 Å². The molecule has 1 heterocycles. The van der Waals surface area contributed by atoms with E-state index in [2.05, 4.69) is 17.2 Å². The quantitative estimate of drug-likeness (QED) is 0.730. The Hall–Kier alpha value is -2.56. The van der Waals surface area contributed by atoms with Crippen LogP contribution in [0.2, 0.25) is 0 Å². The van der Waals surface area contributed by atoms with Crippen molar-refractivity contribution in [3.63, 3.8) is 0 Å². The molecule has 0 bridgehead atoms.